The number of nitrogens with one attached hydrogen (secondary N) is 3. The van der Waals surface area contributed by atoms with Gasteiger partial charge in [0.15, 0.2) is 0 Å². The van der Waals surface area contributed by atoms with E-state index in [9.17, 15) is 13.5 Å². The van der Waals surface area contributed by atoms with Gasteiger partial charge in [0.25, 0.3) is 0 Å². The molecule has 1 aliphatic rings. The maximum atomic E-state index is 12.6. The van der Waals surface area contributed by atoms with Crippen LogP contribution in [0.4, 0.5) is 17.5 Å². The quantitative estimate of drug-likeness (QED) is 0.383. The van der Waals surface area contributed by atoms with E-state index in [2.05, 4.69) is 53.2 Å². The van der Waals surface area contributed by atoms with Crippen molar-refractivity contribution in [3.05, 3.63) is 34.9 Å². The maximum Gasteiger partial charge on any atom is 0.240 e. The molecular formula is C20H29BrN6O3S. The first-order valence-corrected chi connectivity index (χ1v) is 12.5. The molecule has 1 fully saturated rings. The van der Waals surface area contributed by atoms with Gasteiger partial charge in [-0.1, -0.05) is 0 Å². The Kier molecular flexibility index (Phi) is 8.23. The van der Waals surface area contributed by atoms with Crippen LogP contribution < -0.4 is 15.4 Å². The average molecular weight is 513 g/mol. The van der Waals surface area contributed by atoms with Crippen molar-refractivity contribution in [1.29, 1.82) is 0 Å². The number of hydrogen-bond donors (Lipinski definition) is 4. The first kappa shape index (κ1) is 23.9. The van der Waals surface area contributed by atoms with E-state index in [4.69, 9.17) is 0 Å². The molecular weight excluding hydrogens is 484 g/mol. The van der Waals surface area contributed by atoms with E-state index in [-0.39, 0.29) is 17.5 Å². The molecule has 0 radical (unpaired) electrons. The summed E-state index contributed by atoms with van der Waals surface area (Å²) in [6.45, 7) is 3.31. The van der Waals surface area contributed by atoms with E-state index in [1.807, 2.05) is 6.92 Å². The van der Waals surface area contributed by atoms with E-state index in [0.717, 1.165) is 19.4 Å². The second-order valence-electron chi connectivity index (χ2n) is 7.73. The zero-order chi connectivity index (χ0) is 22.4. The summed E-state index contributed by atoms with van der Waals surface area (Å²) in [6.07, 6.45) is 4.70. The number of hydrogen-bond acceptors (Lipinski definition) is 8. The van der Waals surface area contributed by atoms with Gasteiger partial charge < -0.3 is 20.6 Å². The van der Waals surface area contributed by atoms with Crippen LogP contribution in [0.1, 0.15) is 26.2 Å². The molecule has 2 aromatic rings. The number of sulfonamides is 1. The van der Waals surface area contributed by atoms with Gasteiger partial charge >= 0.3 is 0 Å². The van der Waals surface area contributed by atoms with Gasteiger partial charge in [-0.05, 0) is 80.0 Å². The van der Waals surface area contributed by atoms with Gasteiger partial charge in [0, 0.05) is 30.5 Å². The number of aliphatic hydroxyl groups excluding tert-OH is 1. The fourth-order valence-corrected chi connectivity index (χ4v) is 4.79. The molecule has 0 amide bonds. The summed E-state index contributed by atoms with van der Waals surface area (Å²) in [5, 5.41) is 15.3. The van der Waals surface area contributed by atoms with Gasteiger partial charge in [-0.3, -0.25) is 0 Å². The summed E-state index contributed by atoms with van der Waals surface area (Å²) in [4.78, 5) is 11.1. The Bertz CT molecular complexity index is 973. The zero-order valence-corrected chi connectivity index (χ0v) is 20.1. The number of benzene rings is 1. The fraction of sp³-hybridized carbons (Fsp3) is 0.500. The Morgan fingerprint density at radius 3 is 2.71 bits per heavy atom. The van der Waals surface area contributed by atoms with Gasteiger partial charge in [0.2, 0.25) is 16.0 Å². The highest BCUT2D eigenvalue weighted by Crippen LogP contribution is 2.23. The number of halogens is 1. The number of likely N-dealkylation sites (tertiary alicyclic amines) is 1. The van der Waals surface area contributed by atoms with Gasteiger partial charge in [-0.15, -0.1) is 0 Å². The van der Waals surface area contributed by atoms with Crippen molar-refractivity contribution in [3.8, 4) is 0 Å². The van der Waals surface area contributed by atoms with Crippen LogP contribution in [-0.4, -0.2) is 67.2 Å². The van der Waals surface area contributed by atoms with E-state index in [0.29, 0.717) is 34.5 Å². The minimum atomic E-state index is -3.56. The number of aromatic nitrogens is 2. The summed E-state index contributed by atoms with van der Waals surface area (Å²) in [6, 6.07) is 6.74. The molecule has 3 rings (SSSR count). The molecule has 31 heavy (non-hydrogen) atoms. The Labute approximate surface area is 191 Å². The lowest BCUT2D eigenvalue weighted by Gasteiger charge is -2.19. The smallest absolute Gasteiger partial charge is 0.240 e. The normalized spacial score (nSPS) is 18.1. The molecule has 0 spiro atoms. The second-order valence-corrected chi connectivity index (χ2v) is 10.4. The predicted octanol–water partition coefficient (Wildman–Crippen LogP) is 2.54. The molecule has 0 aliphatic carbocycles. The molecule has 0 saturated carbocycles. The summed E-state index contributed by atoms with van der Waals surface area (Å²) < 4.78 is 28.5. The van der Waals surface area contributed by atoms with Crippen LogP contribution in [0, 0.1) is 0 Å². The molecule has 9 nitrogen and oxygen atoms in total. The van der Waals surface area contributed by atoms with Gasteiger partial charge in [-0.2, -0.15) is 4.98 Å². The van der Waals surface area contributed by atoms with Crippen molar-refractivity contribution < 1.29 is 13.5 Å². The van der Waals surface area contributed by atoms with Gasteiger partial charge in [0.1, 0.15) is 5.82 Å². The minimum absolute atomic E-state index is 0.0272. The summed E-state index contributed by atoms with van der Waals surface area (Å²) in [5.74, 6) is 0.903. The summed E-state index contributed by atoms with van der Waals surface area (Å²) in [5.41, 5.74) is 0.662. The molecule has 2 heterocycles. The molecule has 1 unspecified atom stereocenters. The molecule has 2 atom stereocenters. The SMILES string of the molecule is C[C@H](CO)Nc1nc(Nc2ccc(S(=O)(=O)NCCC3CCCN3C)cc2)ncc1Br. The van der Waals surface area contributed by atoms with Crippen molar-refractivity contribution in [1.82, 2.24) is 19.6 Å². The minimum Gasteiger partial charge on any atom is -0.394 e. The topological polar surface area (TPSA) is 119 Å². The number of anilines is 3. The lowest BCUT2D eigenvalue weighted by atomic mass is 10.1. The highest BCUT2D eigenvalue weighted by molar-refractivity contribution is 9.10. The molecule has 0 bridgehead atoms. The Morgan fingerprint density at radius 2 is 2.06 bits per heavy atom. The number of aliphatic hydroxyl groups is 1. The Morgan fingerprint density at radius 1 is 1.32 bits per heavy atom. The number of nitrogens with zero attached hydrogens (tertiary/aromatic N) is 3. The van der Waals surface area contributed by atoms with E-state index in [1.165, 1.54) is 6.42 Å². The second kappa shape index (κ2) is 10.7. The highest BCUT2D eigenvalue weighted by atomic mass is 79.9. The first-order valence-electron chi connectivity index (χ1n) is 10.3. The molecule has 1 saturated heterocycles. The van der Waals surface area contributed by atoms with E-state index >= 15 is 0 Å². The summed E-state index contributed by atoms with van der Waals surface area (Å²) in [7, 11) is -1.47. The Balaban J connectivity index is 1.60. The van der Waals surface area contributed by atoms with Crippen molar-refractivity contribution in [3.63, 3.8) is 0 Å². The van der Waals surface area contributed by atoms with Crippen LogP contribution in [-0.2, 0) is 10.0 Å². The lowest BCUT2D eigenvalue weighted by molar-refractivity contribution is 0.281. The molecule has 4 N–H and O–H groups in total. The number of rotatable bonds is 10. The van der Waals surface area contributed by atoms with Crippen LogP contribution in [0.15, 0.2) is 39.8 Å². The largest absolute Gasteiger partial charge is 0.394 e. The maximum absolute atomic E-state index is 12.6. The van der Waals surface area contributed by atoms with Crippen molar-refractivity contribution in [2.24, 2.45) is 0 Å². The van der Waals surface area contributed by atoms with Crippen molar-refractivity contribution in [2.75, 3.05) is 37.4 Å². The van der Waals surface area contributed by atoms with Crippen LogP contribution in [0.25, 0.3) is 0 Å². The van der Waals surface area contributed by atoms with E-state index < -0.39 is 10.0 Å². The summed E-state index contributed by atoms with van der Waals surface area (Å²) >= 11 is 3.38. The van der Waals surface area contributed by atoms with Crippen molar-refractivity contribution >= 4 is 43.4 Å². The van der Waals surface area contributed by atoms with Crippen LogP contribution in [0.2, 0.25) is 0 Å². The standard InChI is InChI=1S/C20H29BrN6O3S/c1-14(13-28)24-19-18(21)12-22-20(26-19)25-15-5-7-17(8-6-15)31(29,30)23-10-9-16-4-3-11-27(16)2/h5-8,12,14,16,23,28H,3-4,9-11,13H2,1-2H3,(H2,22,24,25,26)/t14-,16?/m1/s1. The molecule has 1 aromatic heterocycles. The van der Waals surface area contributed by atoms with Crippen LogP contribution >= 0.6 is 15.9 Å². The zero-order valence-electron chi connectivity index (χ0n) is 17.7. The average Bonchev–Trinajstić information content (AvgIpc) is 3.15. The molecule has 1 aliphatic heterocycles. The predicted molar refractivity (Wildman–Crippen MR) is 125 cm³/mol. The Hall–Kier alpha value is -1.79. The molecule has 1 aromatic carbocycles. The van der Waals surface area contributed by atoms with Crippen LogP contribution in [0.5, 0.6) is 0 Å². The molecule has 11 heteroatoms. The monoisotopic (exact) mass is 512 g/mol. The van der Waals surface area contributed by atoms with Crippen molar-refractivity contribution in [2.45, 2.75) is 43.2 Å². The molecule has 170 valence electrons. The van der Waals surface area contributed by atoms with Gasteiger partial charge in [0.05, 0.1) is 16.0 Å². The van der Waals surface area contributed by atoms with E-state index in [1.54, 1.807) is 30.5 Å². The fourth-order valence-electron chi connectivity index (χ4n) is 3.44. The first-order chi connectivity index (χ1) is 14.8. The third-order valence-electron chi connectivity index (χ3n) is 5.26. The third-order valence-corrected chi connectivity index (χ3v) is 7.32. The lowest BCUT2D eigenvalue weighted by Crippen LogP contribution is -2.31. The van der Waals surface area contributed by atoms with Crippen LogP contribution in [0.3, 0.4) is 0 Å². The third kappa shape index (κ3) is 6.59. The highest BCUT2D eigenvalue weighted by Gasteiger charge is 2.21. The van der Waals surface area contributed by atoms with Gasteiger partial charge in [-0.25, -0.2) is 18.1 Å².